The van der Waals surface area contributed by atoms with Crippen molar-refractivity contribution in [2.24, 2.45) is 5.16 Å². The van der Waals surface area contributed by atoms with E-state index < -0.39 is 5.97 Å². The van der Waals surface area contributed by atoms with E-state index in [9.17, 15) is 4.79 Å². The van der Waals surface area contributed by atoms with Gasteiger partial charge in [0.2, 0.25) is 0 Å². The molecule has 3 nitrogen and oxygen atoms in total. The van der Waals surface area contributed by atoms with Gasteiger partial charge in [-0.05, 0) is 23.8 Å². The van der Waals surface area contributed by atoms with E-state index in [0.717, 1.165) is 5.56 Å². The molecule has 1 aliphatic heterocycles. The van der Waals surface area contributed by atoms with Crippen molar-refractivity contribution in [3.63, 3.8) is 0 Å². The molecule has 82 valence electrons. The summed E-state index contributed by atoms with van der Waals surface area (Å²) in [5.41, 5.74) is 1.61. The molecule has 1 aromatic rings. The summed E-state index contributed by atoms with van der Waals surface area (Å²) in [5.74, 6) is -0.353. The van der Waals surface area contributed by atoms with Gasteiger partial charge in [0.25, 0.3) is 0 Å². The van der Waals surface area contributed by atoms with Crippen LogP contribution in [0.25, 0.3) is 6.08 Å². The van der Waals surface area contributed by atoms with Gasteiger partial charge in [-0.15, -0.1) is 11.6 Å². The summed E-state index contributed by atoms with van der Waals surface area (Å²) in [7, 11) is 0. The van der Waals surface area contributed by atoms with E-state index >= 15 is 0 Å². The Hall–Kier alpha value is -1.32. The predicted octanol–water partition coefficient (Wildman–Crippen LogP) is 2.88. The third-order valence-electron chi connectivity index (χ3n) is 2.06. The lowest BCUT2D eigenvalue weighted by Gasteiger charge is -1.97. The number of hydrogen-bond acceptors (Lipinski definition) is 3. The van der Waals surface area contributed by atoms with Crippen molar-refractivity contribution in [3.05, 3.63) is 40.4 Å². The number of halogens is 2. The van der Waals surface area contributed by atoms with E-state index in [2.05, 4.69) is 9.99 Å². The number of hydrogen-bond donors (Lipinski definition) is 0. The molecule has 16 heavy (non-hydrogen) atoms. The molecule has 0 saturated heterocycles. The van der Waals surface area contributed by atoms with Crippen molar-refractivity contribution >= 4 is 41.0 Å². The minimum atomic E-state index is -0.490. The third kappa shape index (κ3) is 2.26. The fourth-order valence-corrected chi connectivity index (χ4v) is 1.71. The minimum Gasteiger partial charge on any atom is -0.312 e. The van der Waals surface area contributed by atoms with Gasteiger partial charge >= 0.3 is 5.97 Å². The maximum Gasteiger partial charge on any atom is 0.367 e. The summed E-state index contributed by atoms with van der Waals surface area (Å²) in [5, 5.41) is 4.17. The van der Waals surface area contributed by atoms with Gasteiger partial charge in [-0.25, -0.2) is 4.79 Å². The first-order chi connectivity index (χ1) is 7.70. The Labute approximate surface area is 102 Å². The van der Waals surface area contributed by atoms with Crippen LogP contribution in [0.3, 0.4) is 0 Å². The van der Waals surface area contributed by atoms with Gasteiger partial charge < -0.3 is 4.84 Å². The topological polar surface area (TPSA) is 38.7 Å². The van der Waals surface area contributed by atoms with E-state index in [1.54, 1.807) is 24.3 Å². The molecule has 0 unspecified atom stereocenters. The van der Waals surface area contributed by atoms with Crippen LogP contribution >= 0.6 is 23.2 Å². The van der Waals surface area contributed by atoms with Crippen molar-refractivity contribution in [2.45, 2.75) is 0 Å². The number of benzene rings is 1. The average molecular weight is 256 g/mol. The quantitative estimate of drug-likeness (QED) is 0.463. The van der Waals surface area contributed by atoms with Crippen LogP contribution in [0.4, 0.5) is 0 Å². The molecule has 0 atom stereocenters. The summed E-state index contributed by atoms with van der Waals surface area (Å²) >= 11 is 11.5. The van der Waals surface area contributed by atoms with Crippen molar-refractivity contribution in [1.82, 2.24) is 0 Å². The van der Waals surface area contributed by atoms with Crippen molar-refractivity contribution < 1.29 is 9.63 Å². The summed E-state index contributed by atoms with van der Waals surface area (Å²) in [6.07, 6.45) is 1.66. The smallest absolute Gasteiger partial charge is 0.312 e. The van der Waals surface area contributed by atoms with Gasteiger partial charge in [0, 0.05) is 5.02 Å². The fourth-order valence-electron chi connectivity index (χ4n) is 1.31. The average Bonchev–Trinajstić information content (AvgIpc) is 2.60. The predicted molar refractivity (Wildman–Crippen MR) is 63.7 cm³/mol. The van der Waals surface area contributed by atoms with Crippen LogP contribution in [-0.2, 0) is 9.63 Å². The lowest BCUT2D eigenvalue weighted by molar-refractivity contribution is -0.136. The molecule has 0 amide bonds. The first kappa shape index (κ1) is 11.2. The first-order valence-corrected chi connectivity index (χ1v) is 5.44. The van der Waals surface area contributed by atoms with Gasteiger partial charge in [-0.1, -0.05) is 28.9 Å². The summed E-state index contributed by atoms with van der Waals surface area (Å²) in [6.45, 7) is 0. The van der Waals surface area contributed by atoms with Crippen LogP contribution < -0.4 is 0 Å². The Morgan fingerprint density at radius 1 is 1.44 bits per heavy atom. The van der Waals surface area contributed by atoms with Crippen molar-refractivity contribution in [3.8, 4) is 0 Å². The molecule has 1 heterocycles. The molecule has 0 fully saturated rings. The molecule has 1 aliphatic rings. The molecule has 2 rings (SSSR count). The molecule has 0 bridgehead atoms. The molecule has 0 radical (unpaired) electrons. The van der Waals surface area contributed by atoms with Crippen LogP contribution in [0.1, 0.15) is 5.56 Å². The SMILES string of the molecule is O=C1ON=C(CCl)/C1=C/c1cccc(Cl)c1. The van der Waals surface area contributed by atoms with E-state index in [1.165, 1.54) is 0 Å². The Bertz CT molecular complexity index is 495. The Kier molecular flexibility index (Phi) is 3.27. The van der Waals surface area contributed by atoms with Gasteiger partial charge in [-0.2, -0.15) is 0 Å². The largest absolute Gasteiger partial charge is 0.367 e. The van der Waals surface area contributed by atoms with Gasteiger partial charge in [0.15, 0.2) is 0 Å². The number of oxime groups is 1. The highest BCUT2D eigenvalue weighted by atomic mass is 35.5. The normalized spacial score (nSPS) is 17.5. The zero-order chi connectivity index (χ0) is 11.5. The number of rotatable bonds is 2. The molecular weight excluding hydrogens is 249 g/mol. The first-order valence-electron chi connectivity index (χ1n) is 4.52. The minimum absolute atomic E-state index is 0.137. The highest BCUT2D eigenvalue weighted by Crippen LogP contribution is 2.18. The van der Waals surface area contributed by atoms with Gasteiger partial charge in [0.05, 0.1) is 11.5 Å². The second kappa shape index (κ2) is 4.68. The second-order valence-corrected chi connectivity index (χ2v) is 3.87. The highest BCUT2D eigenvalue weighted by Gasteiger charge is 2.24. The zero-order valence-corrected chi connectivity index (χ0v) is 9.63. The lowest BCUT2D eigenvalue weighted by Crippen LogP contribution is -2.06. The molecule has 5 heteroatoms. The van der Waals surface area contributed by atoms with E-state index in [-0.39, 0.29) is 5.88 Å². The summed E-state index contributed by atoms with van der Waals surface area (Å²) in [4.78, 5) is 15.9. The maximum atomic E-state index is 11.3. The van der Waals surface area contributed by atoms with Crippen LogP contribution in [0.15, 0.2) is 35.0 Å². The number of nitrogens with zero attached hydrogens (tertiary/aromatic N) is 1. The lowest BCUT2D eigenvalue weighted by atomic mass is 10.1. The third-order valence-corrected chi connectivity index (χ3v) is 2.54. The van der Waals surface area contributed by atoms with Crippen LogP contribution in [0, 0.1) is 0 Å². The second-order valence-electron chi connectivity index (χ2n) is 3.16. The molecule has 0 N–H and O–H groups in total. The highest BCUT2D eigenvalue weighted by molar-refractivity contribution is 6.38. The molecule has 0 aromatic heterocycles. The standard InChI is InChI=1S/C11H7Cl2NO2/c12-6-10-9(11(15)16-14-10)5-7-2-1-3-8(13)4-7/h1-5H,6H2/b9-5-. The fraction of sp³-hybridized carbons (Fsp3) is 0.0909. The summed E-state index contributed by atoms with van der Waals surface area (Å²) < 4.78 is 0. The van der Waals surface area contributed by atoms with Crippen LogP contribution in [0.5, 0.6) is 0 Å². The number of alkyl halides is 1. The number of carbonyl (C=O) groups is 1. The molecule has 0 saturated carbocycles. The van der Waals surface area contributed by atoms with Gasteiger partial charge in [-0.3, -0.25) is 0 Å². The van der Waals surface area contributed by atoms with E-state index in [1.807, 2.05) is 6.07 Å². The van der Waals surface area contributed by atoms with E-state index in [0.29, 0.717) is 16.3 Å². The van der Waals surface area contributed by atoms with Crippen LogP contribution in [-0.4, -0.2) is 17.6 Å². The maximum absolute atomic E-state index is 11.3. The number of carbonyl (C=O) groups excluding carboxylic acids is 1. The van der Waals surface area contributed by atoms with E-state index in [4.69, 9.17) is 23.2 Å². The van der Waals surface area contributed by atoms with Crippen molar-refractivity contribution in [1.29, 1.82) is 0 Å². The summed E-state index contributed by atoms with van der Waals surface area (Å²) in [6, 6.07) is 7.13. The van der Waals surface area contributed by atoms with Crippen molar-refractivity contribution in [2.75, 3.05) is 5.88 Å². The Balaban J connectivity index is 2.37. The molecular formula is C11H7Cl2NO2. The molecule has 0 aliphatic carbocycles. The zero-order valence-electron chi connectivity index (χ0n) is 8.11. The monoisotopic (exact) mass is 255 g/mol. The Morgan fingerprint density at radius 2 is 2.25 bits per heavy atom. The molecule has 1 aromatic carbocycles. The Morgan fingerprint density at radius 3 is 2.94 bits per heavy atom. The van der Waals surface area contributed by atoms with Gasteiger partial charge in [0.1, 0.15) is 5.71 Å². The molecule has 0 spiro atoms. The van der Waals surface area contributed by atoms with Crippen LogP contribution in [0.2, 0.25) is 5.02 Å².